The molecule has 2 rings (SSSR count). The van der Waals surface area contributed by atoms with Crippen LogP contribution in [0, 0.1) is 0 Å². The first kappa shape index (κ1) is 16.4. The quantitative estimate of drug-likeness (QED) is 0.878. The Hall–Kier alpha value is -2.01. The monoisotopic (exact) mass is 305 g/mol. The van der Waals surface area contributed by atoms with Crippen LogP contribution in [0.2, 0.25) is 0 Å². The van der Waals surface area contributed by atoms with Crippen LogP contribution in [0.4, 0.5) is 0 Å². The molecular formula is C17H23NO4. The zero-order valence-electron chi connectivity index (χ0n) is 13.3. The van der Waals surface area contributed by atoms with Crippen LogP contribution in [0.25, 0.3) is 6.08 Å². The van der Waals surface area contributed by atoms with Gasteiger partial charge in [0.2, 0.25) is 0 Å². The van der Waals surface area contributed by atoms with Crippen molar-refractivity contribution in [2.24, 2.45) is 0 Å². The van der Waals surface area contributed by atoms with Crippen LogP contribution in [0.1, 0.15) is 35.7 Å². The summed E-state index contributed by atoms with van der Waals surface area (Å²) in [6, 6.07) is 3.49. The molecule has 1 N–H and O–H groups in total. The van der Waals surface area contributed by atoms with Crippen molar-refractivity contribution in [3.8, 4) is 11.5 Å². The van der Waals surface area contributed by atoms with E-state index in [1.54, 1.807) is 26.4 Å². The van der Waals surface area contributed by atoms with Gasteiger partial charge >= 0.3 is 0 Å². The average Bonchev–Trinajstić information content (AvgIpc) is 3.05. The van der Waals surface area contributed by atoms with Gasteiger partial charge in [-0.15, -0.1) is 0 Å². The van der Waals surface area contributed by atoms with Gasteiger partial charge in [-0.1, -0.05) is 12.2 Å². The lowest BCUT2D eigenvalue weighted by molar-refractivity contribution is 0.0857. The van der Waals surface area contributed by atoms with Gasteiger partial charge in [0.1, 0.15) is 0 Å². The Labute approximate surface area is 131 Å². The van der Waals surface area contributed by atoms with Crippen LogP contribution in [0.5, 0.6) is 11.5 Å². The van der Waals surface area contributed by atoms with Gasteiger partial charge in [0.15, 0.2) is 11.5 Å². The summed E-state index contributed by atoms with van der Waals surface area (Å²) in [5, 5.41) is 2.91. The maximum absolute atomic E-state index is 12.3. The van der Waals surface area contributed by atoms with Gasteiger partial charge in [-0.05, 0) is 31.9 Å². The molecule has 1 aliphatic heterocycles. The maximum atomic E-state index is 12.3. The van der Waals surface area contributed by atoms with Gasteiger partial charge in [0.05, 0.1) is 20.3 Å². The van der Waals surface area contributed by atoms with Gasteiger partial charge in [0.25, 0.3) is 5.91 Å². The summed E-state index contributed by atoms with van der Waals surface area (Å²) in [6.45, 7) is 3.23. The van der Waals surface area contributed by atoms with E-state index in [0.29, 0.717) is 23.6 Å². The summed E-state index contributed by atoms with van der Waals surface area (Å²) in [5.74, 6) is 1.03. The fourth-order valence-corrected chi connectivity index (χ4v) is 2.54. The van der Waals surface area contributed by atoms with E-state index in [4.69, 9.17) is 14.2 Å². The van der Waals surface area contributed by atoms with E-state index in [1.165, 1.54) is 0 Å². The van der Waals surface area contributed by atoms with Crippen LogP contribution in [0.3, 0.4) is 0 Å². The Morgan fingerprint density at radius 3 is 2.82 bits per heavy atom. The van der Waals surface area contributed by atoms with E-state index in [0.717, 1.165) is 25.0 Å². The molecule has 1 aromatic carbocycles. The Morgan fingerprint density at radius 2 is 2.23 bits per heavy atom. The standard InChI is InChI=1S/C17H23NO4/c1-4-6-12-9-13(10-15(20-2)16(12)21-3)17(19)18-11-14-7-5-8-22-14/h4,6,9-10,14H,5,7-8,11H2,1-3H3,(H,18,19)/b6-4+. The highest BCUT2D eigenvalue weighted by Gasteiger charge is 2.18. The molecule has 0 spiro atoms. The fourth-order valence-electron chi connectivity index (χ4n) is 2.54. The second-order valence-electron chi connectivity index (χ2n) is 5.15. The van der Waals surface area contributed by atoms with Gasteiger partial charge in [-0.25, -0.2) is 0 Å². The highest BCUT2D eigenvalue weighted by Crippen LogP contribution is 2.33. The van der Waals surface area contributed by atoms with Gasteiger partial charge in [-0.3, -0.25) is 4.79 Å². The first-order valence-corrected chi connectivity index (χ1v) is 7.48. The predicted octanol–water partition coefficient (Wildman–Crippen LogP) is 2.65. The molecule has 1 aromatic rings. The van der Waals surface area contributed by atoms with Gasteiger partial charge in [0, 0.05) is 24.3 Å². The second kappa shape index (κ2) is 7.84. The van der Waals surface area contributed by atoms with Crippen LogP contribution in [0.15, 0.2) is 18.2 Å². The number of hydrogen-bond acceptors (Lipinski definition) is 4. The molecule has 120 valence electrons. The molecule has 0 saturated carbocycles. The molecule has 0 aliphatic carbocycles. The number of amides is 1. The number of methoxy groups -OCH3 is 2. The second-order valence-corrected chi connectivity index (χ2v) is 5.15. The normalized spacial score (nSPS) is 17.7. The molecule has 0 radical (unpaired) electrons. The van der Waals surface area contributed by atoms with Gasteiger partial charge < -0.3 is 19.5 Å². The first-order chi connectivity index (χ1) is 10.7. The third kappa shape index (κ3) is 3.80. The van der Waals surface area contributed by atoms with Crippen molar-refractivity contribution >= 4 is 12.0 Å². The van der Waals surface area contributed by atoms with Crippen molar-refractivity contribution < 1.29 is 19.0 Å². The molecule has 1 saturated heterocycles. The molecule has 1 unspecified atom stereocenters. The van der Waals surface area contributed by atoms with E-state index in [2.05, 4.69) is 5.32 Å². The van der Waals surface area contributed by atoms with E-state index in [9.17, 15) is 4.79 Å². The number of nitrogens with one attached hydrogen (secondary N) is 1. The Bertz CT molecular complexity index is 548. The lowest BCUT2D eigenvalue weighted by Crippen LogP contribution is -2.31. The number of carbonyl (C=O) groups is 1. The summed E-state index contributed by atoms with van der Waals surface area (Å²) in [7, 11) is 3.15. The molecule has 5 heteroatoms. The number of allylic oxidation sites excluding steroid dienone is 1. The minimum atomic E-state index is -0.137. The average molecular weight is 305 g/mol. The highest BCUT2D eigenvalue weighted by atomic mass is 16.5. The summed E-state index contributed by atoms with van der Waals surface area (Å²) < 4.78 is 16.2. The summed E-state index contributed by atoms with van der Waals surface area (Å²) in [4.78, 5) is 12.3. The van der Waals surface area contributed by atoms with Crippen molar-refractivity contribution in [3.63, 3.8) is 0 Å². The largest absolute Gasteiger partial charge is 0.493 e. The van der Waals surface area contributed by atoms with Crippen LogP contribution in [-0.2, 0) is 4.74 Å². The van der Waals surface area contributed by atoms with E-state index in [1.807, 2.05) is 19.1 Å². The number of hydrogen-bond donors (Lipinski definition) is 1. The maximum Gasteiger partial charge on any atom is 0.251 e. The summed E-state index contributed by atoms with van der Waals surface area (Å²) >= 11 is 0. The zero-order valence-corrected chi connectivity index (χ0v) is 13.3. The summed E-state index contributed by atoms with van der Waals surface area (Å²) in [5.41, 5.74) is 1.36. The molecule has 5 nitrogen and oxygen atoms in total. The molecular weight excluding hydrogens is 282 g/mol. The molecule has 0 bridgehead atoms. The molecule has 1 aliphatic rings. The SMILES string of the molecule is C/C=C/c1cc(C(=O)NCC2CCCO2)cc(OC)c1OC. The first-order valence-electron chi connectivity index (χ1n) is 7.48. The van der Waals surface area contributed by atoms with Crippen LogP contribution in [-0.4, -0.2) is 39.4 Å². The van der Waals surface area contributed by atoms with Crippen molar-refractivity contribution in [1.82, 2.24) is 5.32 Å². The minimum absolute atomic E-state index is 0.124. The Kier molecular flexibility index (Phi) is 5.83. The Balaban J connectivity index is 2.18. The topological polar surface area (TPSA) is 56.8 Å². The van der Waals surface area contributed by atoms with Crippen LogP contribution >= 0.6 is 0 Å². The highest BCUT2D eigenvalue weighted by molar-refractivity contribution is 5.96. The molecule has 0 aromatic heterocycles. The van der Waals surface area contributed by atoms with Crippen LogP contribution < -0.4 is 14.8 Å². The minimum Gasteiger partial charge on any atom is -0.493 e. The molecule has 1 fully saturated rings. The van der Waals surface area contributed by atoms with E-state index >= 15 is 0 Å². The van der Waals surface area contributed by atoms with Gasteiger partial charge in [-0.2, -0.15) is 0 Å². The van der Waals surface area contributed by atoms with Crippen molar-refractivity contribution in [3.05, 3.63) is 29.3 Å². The Morgan fingerprint density at radius 1 is 1.41 bits per heavy atom. The third-order valence-corrected chi connectivity index (χ3v) is 3.63. The third-order valence-electron chi connectivity index (χ3n) is 3.63. The molecule has 1 amide bonds. The zero-order chi connectivity index (χ0) is 15.9. The van der Waals surface area contributed by atoms with Crippen molar-refractivity contribution in [2.45, 2.75) is 25.9 Å². The fraction of sp³-hybridized carbons (Fsp3) is 0.471. The lowest BCUT2D eigenvalue weighted by Gasteiger charge is -2.14. The lowest BCUT2D eigenvalue weighted by atomic mass is 10.1. The smallest absolute Gasteiger partial charge is 0.251 e. The van der Waals surface area contributed by atoms with Crippen molar-refractivity contribution in [2.75, 3.05) is 27.4 Å². The predicted molar refractivity (Wildman–Crippen MR) is 85.6 cm³/mol. The molecule has 22 heavy (non-hydrogen) atoms. The van der Waals surface area contributed by atoms with Crippen molar-refractivity contribution in [1.29, 1.82) is 0 Å². The van der Waals surface area contributed by atoms with E-state index in [-0.39, 0.29) is 12.0 Å². The molecule has 1 heterocycles. The molecule has 1 atom stereocenters. The number of benzene rings is 1. The van der Waals surface area contributed by atoms with E-state index < -0.39 is 0 Å². The summed E-state index contributed by atoms with van der Waals surface area (Å²) in [6.07, 6.45) is 5.96. The number of ether oxygens (including phenoxy) is 3. The number of carbonyl (C=O) groups excluding carboxylic acids is 1. The number of rotatable bonds is 6.